The summed E-state index contributed by atoms with van der Waals surface area (Å²) >= 11 is 0. The van der Waals surface area contributed by atoms with E-state index in [0.717, 1.165) is 11.1 Å². The van der Waals surface area contributed by atoms with Gasteiger partial charge >= 0.3 is 11.8 Å². The summed E-state index contributed by atoms with van der Waals surface area (Å²) in [4.78, 5) is 24.1. The largest absolute Gasteiger partial charge is 0.459 e. The first-order valence-corrected chi connectivity index (χ1v) is 13.1. The number of amides is 2. The van der Waals surface area contributed by atoms with Crippen LogP contribution in [0.4, 0.5) is 5.69 Å². The van der Waals surface area contributed by atoms with Gasteiger partial charge in [-0.1, -0.05) is 66.2 Å². The molecule has 194 valence electrons. The predicted octanol–water partition coefficient (Wildman–Crippen LogP) is 4.07. The molecular formula is C28H26N4O5S. The molecule has 0 aliphatic carbocycles. The molecule has 0 radical (unpaired) electrons. The third-order valence-corrected chi connectivity index (χ3v) is 7.28. The maximum absolute atomic E-state index is 13.5. The van der Waals surface area contributed by atoms with E-state index in [4.69, 9.17) is 4.42 Å². The number of hydrazone groups is 1. The van der Waals surface area contributed by atoms with Crippen LogP contribution in [-0.2, 0) is 32.7 Å². The van der Waals surface area contributed by atoms with E-state index in [9.17, 15) is 18.0 Å². The van der Waals surface area contributed by atoms with E-state index in [0.29, 0.717) is 11.4 Å². The summed E-state index contributed by atoms with van der Waals surface area (Å²) in [6, 6.07) is 27.7. The second-order valence-corrected chi connectivity index (χ2v) is 10.3. The first-order valence-electron chi connectivity index (χ1n) is 11.7. The Labute approximate surface area is 220 Å². The second kappa shape index (κ2) is 12.1. The van der Waals surface area contributed by atoms with E-state index in [2.05, 4.69) is 15.8 Å². The summed E-state index contributed by atoms with van der Waals surface area (Å²) in [5.41, 5.74) is 4.40. The van der Waals surface area contributed by atoms with Crippen molar-refractivity contribution >= 4 is 33.7 Å². The summed E-state index contributed by atoms with van der Waals surface area (Å²) in [6.07, 6.45) is 1.23. The Hall–Kier alpha value is -4.54. The number of anilines is 1. The zero-order valence-electron chi connectivity index (χ0n) is 20.6. The van der Waals surface area contributed by atoms with Gasteiger partial charge in [0, 0.05) is 12.2 Å². The molecule has 4 rings (SSSR count). The molecule has 0 bridgehead atoms. The molecule has 10 heteroatoms. The first kappa shape index (κ1) is 26.5. The molecule has 3 aromatic carbocycles. The van der Waals surface area contributed by atoms with Crippen molar-refractivity contribution in [1.29, 1.82) is 0 Å². The fraction of sp³-hybridized carbons (Fsp3) is 0.107. The zero-order valence-corrected chi connectivity index (χ0v) is 21.4. The van der Waals surface area contributed by atoms with Gasteiger partial charge in [-0.15, -0.1) is 0 Å². The molecule has 0 aliphatic heterocycles. The number of furan rings is 1. The lowest BCUT2D eigenvalue weighted by Crippen LogP contribution is -2.32. The molecule has 2 amide bonds. The minimum atomic E-state index is -3.83. The molecular weight excluding hydrogens is 504 g/mol. The van der Waals surface area contributed by atoms with Gasteiger partial charge in [-0.3, -0.25) is 9.59 Å². The van der Waals surface area contributed by atoms with Crippen LogP contribution in [0.3, 0.4) is 0 Å². The monoisotopic (exact) mass is 530 g/mol. The summed E-state index contributed by atoms with van der Waals surface area (Å²) < 4.78 is 34.0. The van der Waals surface area contributed by atoms with E-state index in [1.54, 1.807) is 66.7 Å². The molecule has 9 nitrogen and oxygen atoms in total. The smallest absolute Gasteiger partial charge is 0.329 e. The van der Waals surface area contributed by atoms with Gasteiger partial charge in [0.2, 0.25) is 10.0 Å². The van der Waals surface area contributed by atoms with Crippen molar-refractivity contribution in [2.75, 3.05) is 5.32 Å². The van der Waals surface area contributed by atoms with E-state index < -0.39 is 21.8 Å². The number of hydrogen-bond donors (Lipinski definition) is 2. The average molecular weight is 531 g/mol. The van der Waals surface area contributed by atoms with Gasteiger partial charge in [-0.05, 0) is 48.9 Å². The van der Waals surface area contributed by atoms with E-state index in [1.165, 1.54) is 10.5 Å². The van der Waals surface area contributed by atoms with Crippen molar-refractivity contribution in [3.05, 3.63) is 120 Å². The van der Waals surface area contributed by atoms with Crippen LogP contribution in [0, 0.1) is 6.92 Å². The standard InChI is InChI=1S/C28H26N4O5S/c1-21-12-16-26(17-13-21)38(35,36)32(19-22-8-4-2-5-9-22)20-25-15-14-24(37-25)18-29-31-28(34)27(33)30-23-10-6-3-7-11-23/h2-18H,19-20H2,1H3,(H,30,33)(H,31,34)/b29-18+. The summed E-state index contributed by atoms with van der Waals surface area (Å²) in [5.74, 6) is -1.16. The lowest BCUT2D eigenvalue weighted by molar-refractivity contribution is -0.136. The van der Waals surface area contributed by atoms with Gasteiger partial charge in [0.25, 0.3) is 0 Å². The molecule has 0 spiro atoms. The minimum Gasteiger partial charge on any atom is -0.459 e. The van der Waals surface area contributed by atoms with Crippen LogP contribution in [0.25, 0.3) is 0 Å². The number of sulfonamides is 1. The first-order chi connectivity index (χ1) is 18.3. The number of para-hydroxylation sites is 1. The van der Waals surface area contributed by atoms with Gasteiger partial charge in [0.05, 0.1) is 17.7 Å². The Morgan fingerprint density at radius 2 is 1.50 bits per heavy atom. The molecule has 0 aliphatic rings. The number of rotatable bonds is 9. The van der Waals surface area contributed by atoms with E-state index >= 15 is 0 Å². The number of carbonyl (C=O) groups is 2. The maximum Gasteiger partial charge on any atom is 0.329 e. The predicted molar refractivity (Wildman–Crippen MR) is 144 cm³/mol. The Morgan fingerprint density at radius 1 is 0.842 bits per heavy atom. The molecule has 0 atom stereocenters. The fourth-order valence-electron chi connectivity index (χ4n) is 3.51. The number of hydrogen-bond acceptors (Lipinski definition) is 6. The van der Waals surface area contributed by atoms with Gasteiger partial charge in [-0.2, -0.15) is 9.41 Å². The molecule has 0 fully saturated rings. The number of aryl methyl sites for hydroxylation is 1. The molecule has 0 saturated carbocycles. The maximum atomic E-state index is 13.5. The van der Waals surface area contributed by atoms with Crippen LogP contribution in [0.1, 0.15) is 22.6 Å². The molecule has 38 heavy (non-hydrogen) atoms. The van der Waals surface area contributed by atoms with Crippen molar-refractivity contribution in [3.8, 4) is 0 Å². The average Bonchev–Trinajstić information content (AvgIpc) is 3.37. The fourth-order valence-corrected chi connectivity index (χ4v) is 4.90. The highest BCUT2D eigenvalue weighted by molar-refractivity contribution is 7.89. The van der Waals surface area contributed by atoms with Crippen LogP contribution >= 0.6 is 0 Å². The lowest BCUT2D eigenvalue weighted by Gasteiger charge is -2.21. The topological polar surface area (TPSA) is 121 Å². The van der Waals surface area contributed by atoms with Crippen LogP contribution in [0.15, 0.2) is 111 Å². The van der Waals surface area contributed by atoms with Crippen LogP contribution in [0.2, 0.25) is 0 Å². The highest BCUT2D eigenvalue weighted by atomic mass is 32.2. The van der Waals surface area contributed by atoms with Gasteiger partial charge < -0.3 is 9.73 Å². The van der Waals surface area contributed by atoms with Crippen molar-refractivity contribution in [2.45, 2.75) is 24.9 Å². The number of nitrogens with zero attached hydrogens (tertiary/aromatic N) is 2. The number of benzene rings is 3. The van der Waals surface area contributed by atoms with Gasteiger partial charge in [-0.25, -0.2) is 13.8 Å². The zero-order chi connectivity index (χ0) is 27.0. The highest BCUT2D eigenvalue weighted by Gasteiger charge is 2.26. The van der Waals surface area contributed by atoms with E-state index in [1.807, 2.05) is 37.3 Å². The summed E-state index contributed by atoms with van der Waals surface area (Å²) in [6.45, 7) is 2.01. The number of nitrogens with one attached hydrogen (secondary N) is 2. The third-order valence-electron chi connectivity index (χ3n) is 5.47. The van der Waals surface area contributed by atoms with Crippen LogP contribution in [-0.4, -0.2) is 30.8 Å². The minimum absolute atomic E-state index is 0.0230. The van der Waals surface area contributed by atoms with E-state index in [-0.39, 0.29) is 23.7 Å². The second-order valence-electron chi connectivity index (χ2n) is 8.40. The number of carbonyl (C=O) groups excluding carboxylic acids is 2. The molecule has 0 saturated heterocycles. The summed E-state index contributed by atoms with van der Waals surface area (Å²) in [7, 11) is -3.83. The molecule has 0 unspecified atom stereocenters. The normalized spacial score (nSPS) is 11.5. The SMILES string of the molecule is Cc1ccc(S(=O)(=O)N(Cc2ccccc2)Cc2ccc(/C=N/NC(=O)C(=O)Nc3ccccc3)o2)cc1. The third kappa shape index (κ3) is 7.02. The molecule has 4 aromatic rings. The van der Waals surface area contributed by atoms with Crippen molar-refractivity contribution in [3.63, 3.8) is 0 Å². The van der Waals surface area contributed by atoms with Gasteiger partial charge in [0.15, 0.2) is 0 Å². The Morgan fingerprint density at radius 3 is 2.18 bits per heavy atom. The Kier molecular flexibility index (Phi) is 8.47. The molecule has 2 N–H and O–H groups in total. The Bertz CT molecular complexity index is 1520. The Balaban J connectivity index is 1.44. The quantitative estimate of drug-likeness (QED) is 0.192. The van der Waals surface area contributed by atoms with Gasteiger partial charge in [0.1, 0.15) is 11.5 Å². The highest BCUT2D eigenvalue weighted by Crippen LogP contribution is 2.22. The van der Waals surface area contributed by atoms with Crippen LogP contribution in [0.5, 0.6) is 0 Å². The lowest BCUT2D eigenvalue weighted by atomic mass is 10.2. The van der Waals surface area contributed by atoms with Crippen molar-refractivity contribution in [2.24, 2.45) is 5.10 Å². The van der Waals surface area contributed by atoms with Crippen molar-refractivity contribution < 1.29 is 22.4 Å². The summed E-state index contributed by atoms with van der Waals surface area (Å²) in [5, 5.41) is 6.21. The van der Waals surface area contributed by atoms with Crippen LogP contribution < -0.4 is 10.7 Å². The molecule has 1 heterocycles. The molecule has 1 aromatic heterocycles. The van der Waals surface area contributed by atoms with Crippen molar-refractivity contribution in [1.82, 2.24) is 9.73 Å².